The Hall–Kier alpha value is -3.88. The number of methoxy groups -OCH3 is 2. The first kappa shape index (κ1) is 24.8. The van der Waals surface area contributed by atoms with Crippen molar-refractivity contribution < 1.29 is 38.5 Å². The van der Waals surface area contributed by atoms with Gasteiger partial charge in [0.25, 0.3) is 11.7 Å². The van der Waals surface area contributed by atoms with Gasteiger partial charge in [0.1, 0.15) is 11.6 Å². The summed E-state index contributed by atoms with van der Waals surface area (Å²) < 4.78 is 24.0. The minimum absolute atomic E-state index is 0.0134. The number of aliphatic carboxylic acids is 1. The van der Waals surface area contributed by atoms with Crippen LogP contribution in [0, 0.1) is 5.82 Å². The molecule has 1 saturated heterocycles. The van der Waals surface area contributed by atoms with Crippen molar-refractivity contribution >= 4 is 23.4 Å². The molecule has 1 aliphatic heterocycles. The number of Topliss-reactive ketones (excluding diaryl/α,β-unsaturated/α-hetero) is 1. The van der Waals surface area contributed by atoms with Gasteiger partial charge in [-0.15, -0.1) is 0 Å². The number of rotatable bonds is 10. The Morgan fingerprint density at radius 1 is 0.971 bits per heavy atom. The summed E-state index contributed by atoms with van der Waals surface area (Å²) in [7, 11) is 2.90. The van der Waals surface area contributed by atoms with E-state index in [2.05, 4.69) is 0 Å². The molecule has 1 fully saturated rings. The number of unbranched alkanes of at least 4 members (excludes halogenated alkanes) is 2. The van der Waals surface area contributed by atoms with Gasteiger partial charge in [-0.3, -0.25) is 14.4 Å². The Morgan fingerprint density at radius 3 is 2.26 bits per heavy atom. The molecule has 2 aromatic carbocycles. The van der Waals surface area contributed by atoms with E-state index in [1.807, 2.05) is 0 Å². The zero-order valence-electron chi connectivity index (χ0n) is 18.9. The number of ketones is 1. The molecule has 1 aliphatic rings. The standard InChI is InChI=1S/C25H26FNO7/c1-33-18-12-9-16(14-19(18)34-2)23(30)21-22(15-7-10-17(26)11-8-15)27(25(32)24(21)31)13-5-3-4-6-20(28)29/h7-12,14,22,30H,3-6,13H2,1-2H3,(H,28,29). The second-order valence-electron chi connectivity index (χ2n) is 7.82. The zero-order chi connectivity index (χ0) is 24.8. The van der Waals surface area contributed by atoms with E-state index in [0.29, 0.717) is 36.3 Å². The van der Waals surface area contributed by atoms with Crippen molar-refractivity contribution in [3.8, 4) is 11.5 Å². The molecular weight excluding hydrogens is 445 g/mol. The SMILES string of the molecule is COc1ccc(C(O)=C2C(=O)C(=O)N(CCCCCC(=O)O)C2c2ccc(F)cc2)cc1OC. The van der Waals surface area contributed by atoms with Gasteiger partial charge in [0.05, 0.1) is 25.8 Å². The Bertz CT molecular complexity index is 1110. The van der Waals surface area contributed by atoms with Crippen LogP contribution in [0.4, 0.5) is 4.39 Å². The molecule has 0 spiro atoms. The predicted molar refractivity (Wildman–Crippen MR) is 121 cm³/mol. The third kappa shape index (κ3) is 5.19. The van der Waals surface area contributed by atoms with Crippen molar-refractivity contribution in [1.82, 2.24) is 4.90 Å². The summed E-state index contributed by atoms with van der Waals surface area (Å²) in [4.78, 5) is 38.0. The summed E-state index contributed by atoms with van der Waals surface area (Å²) in [5, 5.41) is 19.9. The van der Waals surface area contributed by atoms with E-state index in [1.54, 1.807) is 6.07 Å². The number of carbonyl (C=O) groups excluding carboxylic acids is 2. The lowest BCUT2D eigenvalue weighted by Crippen LogP contribution is -2.30. The molecule has 1 unspecified atom stereocenters. The number of benzene rings is 2. The molecule has 2 aromatic rings. The van der Waals surface area contributed by atoms with Crippen LogP contribution in [0.5, 0.6) is 11.5 Å². The Balaban J connectivity index is 2.01. The number of nitrogens with zero attached hydrogens (tertiary/aromatic N) is 1. The van der Waals surface area contributed by atoms with E-state index >= 15 is 0 Å². The number of carboxylic acid groups (broad SMARTS) is 1. The quantitative estimate of drug-likeness (QED) is 0.234. The maximum Gasteiger partial charge on any atom is 0.303 e. The Morgan fingerprint density at radius 2 is 1.65 bits per heavy atom. The first-order valence-corrected chi connectivity index (χ1v) is 10.8. The molecule has 0 aromatic heterocycles. The summed E-state index contributed by atoms with van der Waals surface area (Å²) in [6.07, 6.45) is 1.46. The van der Waals surface area contributed by atoms with Gasteiger partial charge in [-0.25, -0.2) is 4.39 Å². The summed E-state index contributed by atoms with van der Waals surface area (Å²) in [5.41, 5.74) is 0.603. The average molecular weight is 471 g/mol. The van der Waals surface area contributed by atoms with Crippen LogP contribution in [0.3, 0.4) is 0 Å². The average Bonchev–Trinajstić information content (AvgIpc) is 3.08. The second-order valence-corrected chi connectivity index (χ2v) is 7.82. The number of aliphatic hydroxyl groups excluding tert-OH is 1. The van der Waals surface area contributed by atoms with Crippen molar-refractivity contribution in [2.24, 2.45) is 0 Å². The molecule has 0 bridgehead atoms. The van der Waals surface area contributed by atoms with Crippen LogP contribution in [-0.4, -0.2) is 53.5 Å². The third-order valence-corrected chi connectivity index (χ3v) is 5.67. The molecule has 8 nitrogen and oxygen atoms in total. The topological polar surface area (TPSA) is 113 Å². The number of hydrogen-bond acceptors (Lipinski definition) is 6. The van der Waals surface area contributed by atoms with Gasteiger partial charge in [0.2, 0.25) is 0 Å². The molecule has 34 heavy (non-hydrogen) atoms. The van der Waals surface area contributed by atoms with E-state index in [-0.39, 0.29) is 29.9 Å². The van der Waals surface area contributed by atoms with Crippen LogP contribution in [0.2, 0.25) is 0 Å². The monoisotopic (exact) mass is 471 g/mol. The molecule has 1 heterocycles. The first-order chi connectivity index (χ1) is 16.3. The maximum atomic E-state index is 13.6. The van der Waals surface area contributed by atoms with Gasteiger partial charge in [-0.1, -0.05) is 18.6 Å². The van der Waals surface area contributed by atoms with Gasteiger partial charge in [-0.2, -0.15) is 0 Å². The predicted octanol–water partition coefficient (Wildman–Crippen LogP) is 3.91. The zero-order valence-corrected chi connectivity index (χ0v) is 18.9. The third-order valence-electron chi connectivity index (χ3n) is 5.67. The number of hydrogen-bond donors (Lipinski definition) is 2. The van der Waals surface area contributed by atoms with Crippen LogP contribution in [0.15, 0.2) is 48.0 Å². The summed E-state index contributed by atoms with van der Waals surface area (Å²) in [5.74, 6) is -2.65. The number of amides is 1. The van der Waals surface area contributed by atoms with E-state index in [4.69, 9.17) is 14.6 Å². The fourth-order valence-electron chi connectivity index (χ4n) is 3.98. The van der Waals surface area contributed by atoms with Crippen molar-refractivity contribution in [3.05, 3.63) is 65.0 Å². The maximum absolute atomic E-state index is 13.6. The molecule has 1 amide bonds. The van der Waals surface area contributed by atoms with Crippen molar-refractivity contribution in [2.75, 3.05) is 20.8 Å². The van der Waals surface area contributed by atoms with Crippen molar-refractivity contribution in [1.29, 1.82) is 0 Å². The summed E-state index contributed by atoms with van der Waals surface area (Å²) in [6.45, 7) is 0.176. The van der Waals surface area contributed by atoms with E-state index in [9.17, 15) is 23.9 Å². The minimum atomic E-state index is -0.923. The fourth-order valence-corrected chi connectivity index (χ4v) is 3.98. The minimum Gasteiger partial charge on any atom is -0.507 e. The molecule has 0 saturated carbocycles. The molecular formula is C25H26FNO7. The van der Waals surface area contributed by atoms with Crippen molar-refractivity contribution in [2.45, 2.75) is 31.7 Å². The van der Waals surface area contributed by atoms with Gasteiger partial charge >= 0.3 is 5.97 Å². The molecule has 0 radical (unpaired) electrons. The Labute approximate surface area is 196 Å². The van der Waals surface area contributed by atoms with Gasteiger partial charge in [-0.05, 0) is 48.7 Å². The van der Waals surface area contributed by atoms with Gasteiger partial charge in [0.15, 0.2) is 11.5 Å². The van der Waals surface area contributed by atoms with Crippen LogP contribution in [0.1, 0.15) is 42.9 Å². The first-order valence-electron chi connectivity index (χ1n) is 10.8. The number of likely N-dealkylation sites (tertiary alicyclic amines) is 1. The highest BCUT2D eigenvalue weighted by Crippen LogP contribution is 2.40. The summed E-state index contributed by atoms with van der Waals surface area (Å²) >= 11 is 0. The second kappa shape index (κ2) is 10.8. The van der Waals surface area contributed by atoms with Crippen molar-refractivity contribution in [3.63, 3.8) is 0 Å². The highest BCUT2D eigenvalue weighted by atomic mass is 19.1. The van der Waals surface area contributed by atoms with Crippen LogP contribution >= 0.6 is 0 Å². The van der Waals surface area contributed by atoms with E-state index in [0.717, 1.165) is 0 Å². The molecule has 180 valence electrons. The number of halogens is 1. The molecule has 9 heteroatoms. The molecule has 3 rings (SSSR count). The highest BCUT2D eigenvalue weighted by molar-refractivity contribution is 6.46. The molecule has 2 N–H and O–H groups in total. The Kier molecular flexibility index (Phi) is 7.88. The van der Waals surface area contributed by atoms with Crippen LogP contribution in [-0.2, 0) is 14.4 Å². The van der Waals surface area contributed by atoms with Crippen LogP contribution < -0.4 is 9.47 Å². The largest absolute Gasteiger partial charge is 0.507 e. The number of ether oxygens (including phenoxy) is 2. The van der Waals surface area contributed by atoms with Gasteiger partial charge in [0, 0.05) is 18.5 Å². The van der Waals surface area contributed by atoms with E-state index in [1.165, 1.54) is 55.5 Å². The van der Waals surface area contributed by atoms with Gasteiger partial charge < -0.3 is 24.6 Å². The fraction of sp³-hybridized carbons (Fsp3) is 0.320. The number of carbonyl (C=O) groups is 3. The molecule has 1 atom stereocenters. The lowest BCUT2D eigenvalue weighted by molar-refractivity contribution is -0.140. The lowest BCUT2D eigenvalue weighted by atomic mass is 9.95. The number of aliphatic hydroxyl groups is 1. The van der Waals surface area contributed by atoms with Crippen LogP contribution in [0.25, 0.3) is 5.76 Å². The summed E-state index contributed by atoms with van der Waals surface area (Å²) in [6, 6.07) is 9.05. The van der Waals surface area contributed by atoms with E-state index < -0.39 is 29.5 Å². The molecule has 0 aliphatic carbocycles. The highest BCUT2D eigenvalue weighted by Gasteiger charge is 2.45. The smallest absolute Gasteiger partial charge is 0.303 e. The lowest BCUT2D eigenvalue weighted by Gasteiger charge is -2.25. The number of carboxylic acids is 1. The normalized spacial score (nSPS) is 17.1.